The Morgan fingerprint density at radius 3 is 2.11 bits per heavy atom. The van der Waals surface area contributed by atoms with Gasteiger partial charge in [-0.2, -0.15) is 0 Å². The van der Waals surface area contributed by atoms with Crippen LogP contribution in [0.15, 0.2) is 65.1 Å². The van der Waals surface area contributed by atoms with Crippen molar-refractivity contribution in [3.05, 3.63) is 93.1 Å². The van der Waals surface area contributed by atoms with Gasteiger partial charge >= 0.3 is 11.8 Å². The van der Waals surface area contributed by atoms with E-state index >= 15 is 0 Å². The second kappa shape index (κ2) is 9.76. The molecule has 1 aromatic heterocycles. The molecule has 4 aromatic rings. The van der Waals surface area contributed by atoms with Gasteiger partial charge in [0.1, 0.15) is 5.69 Å². The van der Waals surface area contributed by atoms with Crippen LogP contribution in [-0.4, -0.2) is 22.4 Å². The number of aromatic nitrogens is 1. The quantitative estimate of drug-likeness (QED) is 0.299. The van der Waals surface area contributed by atoms with E-state index in [-0.39, 0.29) is 5.69 Å². The fraction of sp³-hybridized carbons (Fsp3) is 0.148. The SMILES string of the molecule is Cc1cc(C)cc(NC(=O)c2cc3cc(Br)ccc3n2NC(=O)C(=O)Nc2ccc(C)c(C)c2)c1. The van der Waals surface area contributed by atoms with Gasteiger partial charge in [0.05, 0.1) is 5.52 Å². The van der Waals surface area contributed by atoms with Gasteiger partial charge in [0.25, 0.3) is 5.91 Å². The van der Waals surface area contributed by atoms with Gasteiger partial charge in [0.2, 0.25) is 0 Å². The van der Waals surface area contributed by atoms with Crippen molar-refractivity contribution in [1.29, 1.82) is 0 Å². The molecule has 3 amide bonds. The van der Waals surface area contributed by atoms with Crippen molar-refractivity contribution >= 4 is 55.9 Å². The van der Waals surface area contributed by atoms with E-state index in [4.69, 9.17) is 0 Å². The van der Waals surface area contributed by atoms with E-state index in [1.54, 1.807) is 30.3 Å². The van der Waals surface area contributed by atoms with E-state index in [9.17, 15) is 14.4 Å². The van der Waals surface area contributed by atoms with Crippen molar-refractivity contribution in [3.8, 4) is 0 Å². The number of halogens is 1. The van der Waals surface area contributed by atoms with Crippen LogP contribution in [0.4, 0.5) is 11.4 Å². The molecule has 0 saturated carbocycles. The minimum atomic E-state index is -0.899. The molecule has 35 heavy (non-hydrogen) atoms. The molecule has 0 aliphatic heterocycles. The fourth-order valence-corrected chi connectivity index (χ4v) is 4.25. The van der Waals surface area contributed by atoms with E-state index < -0.39 is 17.7 Å². The highest BCUT2D eigenvalue weighted by Gasteiger charge is 2.21. The summed E-state index contributed by atoms with van der Waals surface area (Å²) in [5.74, 6) is -2.16. The zero-order valence-corrected chi connectivity index (χ0v) is 21.4. The molecule has 0 atom stereocenters. The van der Waals surface area contributed by atoms with Gasteiger partial charge in [-0.3, -0.25) is 19.8 Å². The maximum absolute atomic E-state index is 13.2. The number of nitrogens with one attached hydrogen (secondary N) is 3. The third-order valence-electron chi connectivity index (χ3n) is 5.66. The Hall–Kier alpha value is -3.91. The number of benzene rings is 3. The fourth-order valence-electron chi connectivity index (χ4n) is 3.88. The minimum absolute atomic E-state index is 0.185. The molecule has 7 nitrogen and oxygen atoms in total. The number of nitrogens with zero attached hydrogens (tertiary/aromatic N) is 1. The number of hydrogen-bond acceptors (Lipinski definition) is 3. The largest absolute Gasteiger partial charge is 0.328 e. The third kappa shape index (κ3) is 5.44. The van der Waals surface area contributed by atoms with Crippen LogP contribution in [0, 0.1) is 27.7 Å². The molecule has 1 heterocycles. The van der Waals surface area contributed by atoms with Gasteiger partial charge < -0.3 is 10.6 Å². The number of carbonyl (C=O) groups excluding carboxylic acids is 3. The zero-order chi connectivity index (χ0) is 25.3. The van der Waals surface area contributed by atoms with Crippen molar-refractivity contribution in [2.24, 2.45) is 0 Å². The number of hydrogen-bond donors (Lipinski definition) is 3. The molecule has 0 saturated heterocycles. The Bertz CT molecular complexity index is 1470. The van der Waals surface area contributed by atoms with E-state index in [0.29, 0.717) is 16.9 Å². The van der Waals surface area contributed by atoms with Crippen LogP contribution in [0.25, 0.3) is 10.9 Å². The van der Waals surface area contributed by atoms with Crippen molar-refractivity contribution in [2.45, 2.75) is 27.7 Å². The average molecular weight is 533 g/mol. The number of anilines is 2. The molecule has 4 rings (SSSR count). The molecule has 0 aliphatic carbocycles. The summed E-state index contributed by atoms with van der Waals surface area (Å²) in [7, 11) is 0. The summed E-state index contributed by atoms with van der Waals surface area (Å²) in [5.41, 5.74) is 8.60. The lowest BCUT2D eigenvalue weighted by atomic mass is 10.1. The molecule has 0 radical (unpaired) electrons. The summed E-state index contributed by atoms with van der Waals surface area (Å²) in [6.45, 7) is 7.79. The smallest absolute Gasteiger partial charge is 0.321 e. The first-order chi connectivity index (χ1) is 16.6. The molecule has 0 unspecified atom stereocenters. The van der Waals surface area contributed by atoms with Crippen LogP contribution in [0.1, 0.15) is 32.7 Å². The maximum atomic E-state index is 13.2. The predicted octanol–water partition coefficient (Wildman–Crippen LogP) is 5.60. The standard InChI is InChI=1S/C27H25BrN4O3/c1-15-9-16(2)11-22(10-15)30-25(33)24-14-19-13-20(28)6-8-23(19)32(24)31-27(35)26(34)29-21-7-5-17(3)18(4)12-21/h5-14H,1-4H3,(H,29,34)(H,30,33)(H,31,35). The zero-order valence-electron chi connectivity index (χ0n) is 19.8. The van der Waals surface area contributed by atoms with Crippen molar-refractivity contribution in [1.82, 2.24) is 4.68 Å². The predicted molar refractivity (Wildman–Crippen MR) is 142 cm³/mol. The van der Waals surface area contributed by atoms with Gasteiger partial charge in [0.15, 0.2) is 0 Å². The lowest BCUT2D eigenvalue weighted by Crippen LogP contribution is -2.36. The molecular formula is C27H25BrN4O3. The third-order valence-corrected chi connectivity index (χ3v) is 6.15. The first kappa shape index (κ1) is 24.2. The number of carbonyl (C=O) groups is 3. The van der Waals surface area contributed by atoms with Gasteiger partial charge in [-0.1, -0.05) is 28.1 Å². The maximum Gasteiger partial charge on any atom is 0.328 e. The second-order valence-corrected chi connectivity index (χ2v) is 9.51. The van der Waals surface area contributed by atoms with Crippen LogP contribution in [0.5, 0.6) is 0 Å². The molecule has 3 aromatic carbocycles. The average Bonchev–Trinajstić information content (AvgIpc) is 3.13. The van der Waals surface area contributed by atoms with E-state index in [0.717, 1.165) is 32.1 Å². The Morgan fingerprint density at radius 2 is 1.43 bits per heavy atom. The molecule has 0 bridgehead atoms. The minimum Gasteiger partial charge on any atom is -0.321 e. The van der Waals surface area contributed by atoms with Crippen molar-refractivity contribution in [2.75, 3.05) is 16.1 Å². The highest BCUT2D eigenvalue weighted by atomic mass is 79.9. The molecule has 0 spiro atoms. The van der Waals surface area contributed by atoms with Crippen molar-refractivity contribution < 1.29 is 14.4 Å². The Balaban J connectivity index is 1.63. The van der Waals surface area contributed by atoms with Gasteiger partial charge in [0, 0.05) is 21.2 Å². The Labute approximate surface area is 211 Å². The highest BCUT2D eigenvalue weighted by Crippen LogP contribution is 2.24. The molecular weight excluding hydrogens is 508 g/mol. The van der Waals surface area contributed by atoms with Gasteiger partial charge in [-0.25, -0.2) is 4.68 Å². The molecule has 8 heteroatoms. The van der Waals surface area contributed by atoms with E-state index in [2.05, 4.69) is 32.0 Å². The summed E-state index contributed by atoms with van der Waals surface area (Å²) < 4.78 is 2.16. The number of rotatable bonds is 4. The van der Waals surface area contributed by atoms with Crippen LogP contribution >= 0.6 is 15.9 Å². The normalized spacial score (nSPS) is 10.8. The first-order valence-corrected chi connectivity index (χ1v) is 11.8. The molecule has 0 fully saturated rings. The topological polar surface area (TPSA) is 92.2 Å². The summed E-state index contributed by atoms with van der Waals surface area (Å²) in [5, 5.41) is 6.22. The number of amides is 3. The second-order valence-electron chi connectivity index (χ2n) is 8.59. The van der Waals surface area contributed by atoms with Crippen LogP contribution < -0.4 is 16.1 Å². The summed E-state index contributed by atoms with van der Waals surface area (Å²) in [4.78, 5) is 38.7. The highest BCUT2D eigenvalue weighted by molar-refractivity contribution is 9.10. The summed E-state index contributed by atoms with van der Waals surface area (Å²) >= 11 is 3.43. The molecule has 178 valence electrons. The molecule has 0 aliphatic rings. The Morgan fingerprint density at radius 1 is 0.714 bits per heavy atom. The Kier molecular flexibility index (Phi) is 6.75. The van der Waals surface area contributed by atoms with Crippen LogP contribution in [0.3, 0.4) is 0 Å². The van der Waals surface area contributed by atoms with E-state index in [1.807, 2.05) is 58.0 Å². The van der Waals surface area contributed by atoms with Crippen molar-refractivity contribution in [3.63, 3.8) is 0 Å². The lowest BCUT2D eigenvalue weighted by molar-refractivity contribution is -0.133. The summed E-state index contributed by atoms with van der Waals surface area (Å²) in [6, 6.07) is 18.2. The molecule has 3 N–H and O–H groups in total. The first-order valence-electron chi connectivity index (χ1n) is 11.0. The van der Waals surface area contributed by atoms with Gasteiger partial charge in [-0.05, 0) is 98.5 Å². The van der Waals surface area contributed by atoms with E-state index in [1.165, 1.54) is 4.68 Å². The monoisotopic (exact) mass is 532 g/mol. The van der Waals surface area contributed by atoms with Gasteiger partial charge in [-0.15, -0.1) is 0 Å². The van der Waals surface area contributed by atoms with Crippen LogP contribution in [0.2, 0.25) is 0 Å². The van der Waals surface area contributed by atoms with Crippen LogP contribution in [-0.2, 0) is 9.59 Å². The summed E-state index contributed by atoms with van der Waals surface area (Å²) in [6.07, 6.45) is 0. The number of aryl methyl sites for hydroxylation is 4. The lowest BCUT2D eigenvalue weighted by Gasteiger charge is -2.13. The number of fused-ring (bicyclic) bond motifs is 1.